The molecule has 0 heterocycles. The molecule has 0 aliphatic carbocycles. The molecule has 11 heteroatoms. The zero-order valence-electron chi connectivity index (χ0n) is 10.9. The molecule has 0 radical (unpaired) electrons. The second kappa shape index (κ2) is 23.9. The average molecular weight is 1240 g/mol. The molecule has 0 N–H and O–H groups in total. The van der Waals surface area contributed by atoms with E-state index in [-0.39, 0.29) is 8.60 Å². The summed E-state index contributed by atoms with van der Waals surface area (Å²) in [5.41, 5.74) is 4.06. The van der Waals surface area contributed by atoms with Gasteiger partial charge in [-0.05, 0) is 20.8 Å². The molecule has 0 amide bonds. The molecule has 1 aromatic rings. The Hall–Kier alpha value is 6.84. The van der Waals surface area contributed by atoms with Gasteiger partial charge >= 0.3 is 58.6 Å². The van der Waals surface area contributed by atoms with Crippen molar-refractivity contribution in [2.24, 2.45) is 0 Å². The van der Waals surface area contributed by atoms with E-state index in [0.717, 1.165) is 0 Å². The molecule has 0 unspecified atom stereocenters. The summed E-state index contributed by atoms with van der Waals surface area (Å²) >= 11 is 20.0. The van der Waals surface area contributed by atoms with Crippen LogP contribution >= 0.6 is 160 Å². The van der Waals surface area contributed by atoms with E-state index >= 15 is 0 Å². The van der Waals surface area contributed by atoms with Crippen LogP contribution in [0, 0.1) is 20.8 Å². The third kappa shape index (κ3) is 39.8. The topological polar surface area (TPSA) is 0 Å². The Kier molecular flexibility index (Phi) is 37.6. The molecule has 0 spiro atoms. The summed E-state index contributed by atoms with van der Waals surface area (Å²) in [7, 11) is 0. The van der Waals surface area contributed by atoms with Gasteiger partial charge < -0.3 is 0 Å². The summed E-state index contributed by atoms with van der Waals surface area (Å²) in [6, 6.07) is 6.56. The minimum atomic E-state index is -0.229. The Morgan fingerprint density at radius 3 is 0.850 bits per heavy atom. The predicted octanol–water partition coefficient (Wildman–Crippen LogP) is 8.93. The van der Waals surface area contributed by atoms with Crippen molar-refractivity contribution in [1.29, 1.82) is 0 Å². The first-order valence-electron chi connectivity index (χ1n) is 4.92. The molecule has 0 atom stereocenters. The van der Waals surface area contributed by atoms with Crippen molar-refractivity contribution in [1.82, 2.24) is 0 Å². The fourth-order valence-corrected chi connectivity index (χ4v) is 1.20. The third-order valence-electron chi connectivity index (χ3n) is 1.37. The fraction of sp³-hybridized carbons (Fsp3) is 0.333. The average Bonchev–Trinajstić information content (AvgIpc) is 2.13. The summed E-state index contributed by atoms with van der Waals surface area (Å²) in [5.74, 6) is 0. The first kappa shape index (κ1) is 31.5. The number of rotatable bonds is 0. The SMILES string of the molecule is Cc1cc(C)cc(C)c1.[I][Al]([I])[I].[I][Al]([I])[I].[I][Ti][I]. The van der Waals surface area contributed by atoms with Gasteiger partial charge in [-0.1, -0.05) is 34.9 Å². The standard InChI is InChI=1S/C9H12.2Al.8HI.Ti/c1-7-4-8(2)6-9(3)5-7;;;;;;;;;;;/h4-6H,1-3H3;;;8*1H;/q;2*+3;;;;;;;;;+2/p-8. The summed E-state index contributed by atoms with van der Waals surface area (Å²) < 4.78 is -0.458. The molecule has 20 heavy (non-hydrogen) atoms. The zero-order chi connectivity index (χ0) is 16.7. The Morgan fingerprint density at radius 2 is 0.750 bits per heavy atom. The van der Waals surface area contributed by atoms with Crippen molar-refractivity contribution in [3.05, 3.63) is 34.9 Å². The van der Waals surface area contributed by atoms with Gasteiger partial charge in [0.05, 0.1) is 0 Å². The fourth-order valence-electron chi connectivity index (χ4n) is 1.20. The van der Waals surface area contributed by atoms with Gasteiger partial charge in [0.25, 0.3) is 0 Å². The third-order valence-corrected chi connectivity index (χ3v) is 1.37. The van der Waals surface area contributed by atoms with Crippen molar-refractivity contribution in [3.63, 3.8) is 0 Å². The Morgan fingerprint density at radius 1 is 0.650 bits per heavy atom. The predicted molar refractivity (Wildman–Crippen MR) is 164 cm³/mol. The molecule has 0 aromatic heterocycles. The minimum absolute atomic E-state index is 0.229. The zero-order valence-corrected chi connectivity index (χ0v) is 32.0. The molecule has 1 rings (SSSR count). The van der Waals surface area contributed by atoms with E-state index in [1.165, 1.54) is 16.7 Å². The molecule has 0 bridgehead atoms. The molecular formula is C9H12Al2I8Ti. The summed E-state index contributed by atoms with van der Waals surface area (Å²) in [5, 5.41) is 0. The van der Waals surface area contributed by atoms with Crippen LogP contribution in [0.4, 0.5) is 0 Å². The first-order valence-corrected chi connectivity index (χ1v) is 40.0. The van der Waals surface area contributed by atoms with Gasteiger partial charge in [-0.2, -0.15) is 122 Å². The molecule has 114 valence electrons. The van der Waals surface area contributed by atoms with Gasteiger partial charge in [-0.3, -0.25) is 0 Å². The van der Waals surface area contributed by atoms with Crippen LogP contribution in [0.2, 0.25) is 0 Å². The normalized spacial score (nSPS) is 7.75. The molecule has 0 aliphatic heterocycles. The maximum absolute atomic E-state index is 2.46. The molecule has 0 saturated carbocycles. The van der Waals surface area contributed by atoms with Crippen molar-refractivity contribution in [2.45, 2.75) is 20.8 Å². The Labute approximate surface area is 228 Å². The van der Waals surface area contributed by atoms with Crippen LogP contribution in [0.15, 0.2) is 18.2 Å². The maximum atomic E-state index is 2.46. The monoisotopic (exact) mass is 1240 g/mol. The van der Waals surface area contributed by atoms with Crippen molar-refractivity contribution in [3.8, 4) is 0 Å². The van der Waals surface area contributed by atoms with E-state index in [4.69, 9.17) is 0 Å². The van der Waals surface area contributed by atoms with Crippen LogP contribution < -0.4 is 0 Å². The number of hydrogen-bond acceptors (Lipinski definition) is 0. The molecule has 0 saturated heterocycles. The van der Waals surface area contributed by atoms with Crippen LogP contribution in [0.25, 0.3) is 0 Å². The van der Waals surface area contributed by atoms with E-state index in [9.17, 15) is 0 Å². The molecule has 0 fully saturated rings. The molecule has 0 nitrogen and oxygen atoms in total. The van der Waals surface area contributed by atoms with Crippen molar-refractivity contribution in [2.75, 3.05) is 0 Å². The number of hydrogen-bond donors (Lipinski definition) is 0. The van der Waals surface area contributed by atoms with Crippen LogP contribution in [-0.4, -0.2) is 8.60 Å². The van der Waals surface area contributed by atoms with E-state index < -0.39 is 0 Å². The molecule has 0 aliphatic rings. The quantitative estimate of drug-likeness (QED) is 0.180. The van der Waals surface area contributed by atoms with E-state index in [1.54, 1.807) is 0 Å². The number of aryl methyl sites for hydroxylation is 3. The Balaban J connectivity index is -0.000000223. The van der Waals surface area contributed by atoms with Gasteiger partial charge in [0.2, 0.25) is 0 Å². The van der Waals surface area contributed by atoms with Gasteiger partial charge in [0, 0.05) is 0 Å². The van der Waals surface area contributed by atoms with E-state index in [1.807, 2.05) is 0 Å². The van der Waals surface area contributed by atoms with Gasteiger partial charge in [0.1, 0.15) is 0 Å². The van der Waals surface area contributed by atoms with Crippen LogP contribution in [-0.2, 0) is 11.7 Å². The second-order valence-corrected chi connectivity index (χ2v) is 82.7. The van der Waals surface area contributed by atoms with Crippen LogP contribution in [0.1, 0.15) is 16.7 Å². The van der Waals surface area contributed by atoms with Crippen LogP contribution in [0.5, 0.6) is 0 Å². The molecular weight excluding hydrogens is 1230 g/mol. The second-order valence-electron chi connectivity index (χ2n) is 3.23. The number of halogens is 8. The van der Waals surface area contributed by atoms with Gasteiger partial charge in [-0.15, -0.1) is 0 Å². The van der Waals surface area contributed by atoms with Gasteiger partial charge in [-0.25, -0.2) is 0 Å². The number of benzene rings is 1. The Bertz CT molecular complexity index is 265. The summed E-state index contributed by atoms with van der Waals surface area (Å²) in [6.07, 6.45) is 0. The first-order chi connectivity index (χ1) is 9.06. The van der Waals surface area contributed by atoms with Gasteiger partial charge in [0.15, 0.2) is 0 Å². The van der Waals surface area contributed by atoms with Crippen molar-refractivity contribution >= 4 is 169 Å². The van der Waals surface area contributed by atoms with Crippen LogP contribution in [0.3, 0.4) is 0 Å². The summed E-state index contributed by atoms with van der Waals surface area (Å²) in [6.45, 7) is 6.38. The van der Waals surface area contributed by atoms with E-state index in [0.29, 0.717) is 11.7 Å². The van der Waals surface area contributed by atoms with E-state index in [2.05, 4.69) is 199 Å². The molecule has 1 aromatic carbocycles. The van der Waals surface area contributed by atoms with Crippen molar-refractivity contribution < 1.29 is 11.7 Å². The summed E-state index contributed by atoms with van der Waals surface area (Å²) in [4.78, 5) is 0.